The SMILES string of the molecule is Cc1nccn1C[C@H]1CCc2[nH]c3ccccc3c2C1=O. The number of Topliss-reactive ketones (excluding diaryl/α,β-unsaturated/α-hetero) is 1. The van der Waals surface area contributed by atoms with Crippen LogP contribution in [0.5, 0.6) is 0 Å². The number of aromatic nitrogens is 3. The molecule has 0 fully saturated rings. The van der Waals surface area contributed by atoms with Crippen LogP contribution in [0, 0.1) is 12.8 Å². The van der Waals surface area contributed by atoms with Crippen LogP contribution in [0.4, 0.5) is 0 Å². The third-order valence-electron chi connectivity index (χ3n) is 4.48. The van der Waals surface area contributed by atoms with Gasteiger partial charge in [0.1, 0.15) is 5.82 Å². The molecule has 0 spiro atoms. The number of ketones is 1. The topological polar surface area (TPSA) is 50.7 Å². The summed E-state index contributed by atoms with van der Waals surface area (Å²) in [7, 11) is 0. The van der Waals surface area contributed by atoms with Gasteiger partial charge in [0.05, 0.1) is 0 Å². The number of imidazole rings is 1. The van der Waals surface area contributed by atoms with Gasteiger partial charge in [-0.05, 0) is 25.8 Å². The number of para-hydroxylation sites is 1. The van der Waals surface area contributed by atoms with Crippen LogP contribution < -0.4 is 0 Å². The number of hydrogen-bond donors (Lipinski definition) is 1. The van der Waals surface area contributed by atoms with Crippen LogP contribution in [0.2, 0.25) is 0 Å². The Hall–Kier alpha value is -2.36. The molecular weight excluding hydrogens is 262 g/mol. The summed E-state index contributed by atoms with van der Waals surface area (Å²) in [6.07, 6.45) is 5.58. The fourth-order valence-electron chi connectivity index (χ4n) is 3.33. The summed E-state index contributed by atoms with van der Waals surface area (Å²) < 4.78 is 2.07. The fourth-order valence-corrected chi connectivity index (χ4v) is 3.33. The number of carbonyl (C=O) groups excluding carboxylic acids is 1. The molecular formula is C17H17N3O. The summed E-state index contributed by atoms with van der Waals surface area (Å²) in [4.78, 5) is 20.5. The van der Waals surface area contributed by atoms with Gasteiger partial charge in [0.2, 0.25) is 0 Å². The molecule has 1 atom stereocenters. The van der Waals surface area contributed by atoms with E-state index >= 15 is 0 Å². The molecule has 4 nitrogen and oxygen atoms in total. The summed E-state index contributed by atoms with van der Waals surface area (Å²) in [5.74, 6) is 1.28. The van der Waals surface area contributed by atoms with Crippen molar-refractivity contribution < 1.29 is 4.79 Å². The summed E-state index contributed by atoms with van der Waals surface area (Å²) >= 11 is 0. The average molecular weight is 279 g/mol. The van der Waals surface area contributed by atoms with Gasteiger partial charge in [-0.2, -0.15) is 0 Å². The molecule has 0 saturated carbocycles. The van der Waals surface area contributed by atoms with E-state index in [-0.39, 0.29) is 11.7 Å². The molecule has 106 valence electrons. The molecule has 1 aromatic carbocycles. The number of rotatable bonds is 2. The maximum atomic E-state index is 12.9. The first kappa shape index (κ1) is 12.4. The van der Waals surface area contributed by atoms with E-state index in [1.807, 2.05) is 37.4 Å². The number of H-pyrrole nitrogens is 1. The Morgan fingerprint density at radius 1 is 1.38 bits per heavy atom. The van der Waals surface area contributed by atoms with Crippen molar-refractivity contribution in [3.8, 4) is 0 Å². The number of carbonyl (C=O) groups is 1. The zero-order valence-electron chi connectivity index (χ0n) is 12.0. The van der Waals surface area contributed by atoms with Crippen molar-refractivity contribution in [1.82, 2.24) is 14.5 Å². The van der Waals surface area contributed by atoms with E-state index in [1.165, 1.54) is 0 Å². The lowest BCUT2D eigenvalue weighted by Gasteiger charge is -2.22. The zero-order valence-corrected chi connectivity index (χ0v) is 12.0. The second-order valence-corrected chi connectivity index (χ2v) is 5.75. The van der Waals surface area contributed by atoms with Crippen molar-refractivity contribution in [2.24, 2.45) is 5.92 Å². The van der Waals surface area contributed by atoms with Crippen LogP contribution in [-0.4, -0.2) is 20.3 Å². The molecule has 0 saturated heterocycles. The highest BCUT2D eigenvalue weighted by molar-refractivity contribution is 6.10. The first-order valence-electron chi connectivity index (χ1n) is 7.35. The second-order valence-electron chi connectivity index (χ2n) is 5.75. The van der Waals surface area contributed by atoms with Gasteiger partial charge in [0.15, 0.2) is 5.78 Å². The first-order chi connectivity index (χ1) is 10.2. The Labute approximate surface area is 122 Å². The summed E-state index contributed by atoms with van der Waals surface area (Å²) in [6.45, 7) is 2.70. The molecule has 0 bridgehead atoms. The van der Waals surface area contributed by atoms with Gasteiger partial charge in [-0.15, -0.1) is 0 Å². The lowest BCUT2D eigenvalue weighted by Crippen LogP contribution is -2.26. The minimum Gasteiger partial charge on any atom is -0.358 e. The predicted octanol–water partition coefficient (Wildman–Crippen LogP) is 3.12. The van der Waals surface area contributed by atoms with Crippen molar-refractivity contribution in [2.75, 3.05) is 0 Å². The van der Waals surface area contributed by atoms with E-state index in [4.69, 9.17) is 0 Å². The van der Waals surface area contributed by atoms with E-state index in [0.717, 1.165) is 47.4 Å². The molecule has 0 amide bonds. The van der Waals surface area contributed by atoms with Crippen molar-refractivity contribution in [2.45, 2.75) is 26.3 Å². The number of fused-ring (bicyclic) bond motifs is 3. The predicted molar refractivity (Wildman–Crippen MR) is 81.4 cm³/mol. The third-order valence-corrected chi connectivity index (χ3v) is 4.48. The largest absolute Gasteiger partial charge is 0.358 e. The van der Waals surface area contributed by atoms with E-state index in [9.17, 15) is 4.79 Å². The zero-order chi connectivity index (χ0) is 14.4. The molecule has 0 radical (unpaired) electrons. The van der Waals surface area contributed by atoms with Crippen LogP contribution >= 0.6 is 0 Å². The second kappa shape index (κ2) is 4.58. The highest BCUT2D eigenvalue weighted by atomic mass is 16.1. The van der Waals surface area contributed by atoms with Crippen molar-refractivity contribution in [3.05, 3.63) is 53.7 Å². The third kappa shape index (κ3) is 1.90. The van der Waals surface area contributed by atoms with Gasteiger partial charge in [-0.1, -0.05) is 18.2 Å². The number of hydrogen-bond acceptors (Lipinski definition) is 2. The molecule has 21 heavy (non-hydrogen) atoms. The summed E-state index contributed by atoms with van der Waals surface area (Å²) in [5.41, 5.74) is 3.06. The highest BCUT2D eigenvalue weighted by Gasteiger charge is 2.30. The van der Waals surface area contributed by atoms with Gasteiger partial charge in [0, 0.05) is 47.0 Å². The Bertz CT molecular complexity index is 828. The molecule has 1 N–H and O–H groups in total. The van der Waals surface area contributed by atoms with Crippen LogP contribution in [0.25, 0.3) is 10.9 Å². The summed E-state index contributed by atoms with van der Waals surface area (Å²) in [5, 5.41) is 1.06. The minimum atomic E-state index is 0.0459. The molecule has 4 heteroatoms. The molecule has 4 rings (SSSR count). The minimum absolute atomic E-state index is 0.0459. The molecule has 2 heterocycles. The fraction of sp³-hybridized carbons (Fsp3) is 0.294. The summed E-state index contributed by atoms with van der Waals surface area (Å²) in [6, 6.07) is 8.07. The van der Waals surface area contributed by atoms with Gasteiger partial charge in [-0.25, -0.2) is 4.98 Å². The Balaban J connectivity index is 1.73. The maximum Gasteiger partial charge on any atom is 0.170 e. The first-order valence-corrected chi connectivity index (χ1v) is 7.35. The maximum absolute atomic E-state index is 12.9. The smallest absolute Gasteiger partial charge is 0.170 e. The normalized spacial score (nSPS) is 18.1. The molecule has 2 aromatic heterocycles. The number of benzene rings is 1. The average Bonchev–Trinajstić information content (AvgIpc) is 3.06. The lowest BCUT2D eigenvalue weighted by molar-refractivity contribution is 0.0889. The Morgan fingerprint density at radius 3 is 3.05 bits per heavy atom. The van der Waals surface area contributed by atoms with Gasteiger partial charge in [-0.3, -0.25) is 4.79 Å². The van der Waals surface area contributed by atoms with E-state index in [0.29, 0.717) is 0 Å². The standard InChI is InChI=1S/C17H17N3O/c1-11-18-8-9-20(11)10-12-6-7-15-16(17(12)21)13-4-2-3-5-14(13)19-15/h2-5,8-9,12,19H,6-7,10H2,1H3/t12-/m1/s1. The van der Waals surface area contributed by atoms with Gasteiger partial charge < -0.3 is 9.55 Å². The number of nitrogens with zero attached hydrogens (tertiary/aromatic N) is 2. The Kier molecular flexibility index (Phi) is 2.70. The molecule has 0 aliphatic heterocycles. The van der Waals surface area contributed by atoms with Crippen molar-refractivity contribution in [1.29, 1.82) is 0 Å². The number of aryl methyl sites for hydroxylation is 2. The van der Waals surface area contributed by atoms with Crippen LogP contribution in [-0.2, 0) is 13.0 Å². The van der Waals surface area contributed by atoms with Crippen molar-refractivity contribution in [3.63, 3.8) is 0 Å². The molecule has 1 aliphatic rings. The van der Waals surface area contributed by atoms with Crippen LogP contribution in [0.1, 0.15) is 28.3 Å². The molecule has 0 unspecified atom stereocenters. The molecule has 3 aromatic rings. The Morgan fingerprint density at radius 2 is 2.24 bits per heavy atom. The monoisotopic (exact) mass is 279 g/mol. The lowest BCUT2D eigenvalue weighted by atomic mass is 9.85. The van der Waals surface area contributed by atoms with Crippen molar-refractivity contribution >= 4 is 16.7 Å². The van der Waals surface area contributed by atoms with Crippen LogP contribution in [0.3, 0.4) is 0 Å². The number of aromatic amines is 1. The quantitative estimate of drug-likeness (QED) is 0.783. The van der Waals surface area contributed by atoms with E-state index in [1.54, 1.807) is 6.20 Å². The molecule has 1 aliphatic carbocycles. The van der Waals surface area contributed by atoms with Crippen LogP contribution in [0.15, 0.2) is 36.7 Å². The number of nitrogens with one attached hydrogen (secondary N) is 1. The van der Waals surface area contributed by atoms with Gasteiger partial charge in [0.25, 0.3) is 0 Å². The van der Waals surface area contributed by atoms with Gasteiger partial charge >= 0.3 is 0 Å². The van der Waals surface area contributed by atoms with E-state index < -0.39 is 0 Å². The highest BCUT2D eigenvalue weighted by Crippen LogP contribution is 2.32. The van der Waals surface area contributed by atoms with E-state index in [2.05, 4.69) is 14.5 Å².